The summed E-state index contributed by atoms with van der Waals surface area (Å²) in [6.45, 7) is 4.37. The number of rotatable bonds is 9. The molecule has 1 aromatic carbocycles. The molecular weight excluding hydrogens is 422 g/mol. The number of pyridine rings is 1. The Morgan fingerprint density at radius 2 is 1.53 bits per heavy atom. The first-order valence-corrected chi connectivity index (χ1v) is 13.3. The number of aromatic nitrogens is 1. The van der Waals surface area contributed by atoms with Crippen LogP contribution < -0.4 is 0 Å². The molecule has 1 aromatic heterocycles. The zero-order chi connectivity index (χ0) is 23.7. The van der Waals surface area contributed by atoms with Gasteiger partial charge in [0.2, 0.25) is 0 Å². The number of aliphatic hydroxyl groups is 1. The van der Waals surface area contributed by atoms with E-state index in [9.17, 15) is 9.90 Å². The van der Waals surface area contributed by atoms with Crippen LogP contribution in [-0.2, 0) is 16.1 Å². The van der Waals surface area contributed by atoms with Crippen molar-refractivity contribution in [3.05, 3.63) is 65.5 Å². The fraction of sp³-hybridized carbons (Fsp3) is 0.600. The lowest BCUT2D eigenvalue weighted by atomic mass is 9.55. The molecule has 1 heterocycles. The Hall–Kier alpha value is -2.20. The molecule has 4 fully saturated rings. The third kappa shape index (κ3) is 5.07. The van der Waals surface area contributed by atoms with Gasteiger partial charge in [0.1, 0.15) is 6.10 Å². The van der Waals surface area contributed by atoms with Crippen molar-refractivity contribution in [3.8, 4) is 0 Å². The predicted molar refractivity (Wildman–Crippen MR) is 133 cm³/mol. The smallest absolute Gasteiger partial charge is 0.308 e. The van der Waals surface area contributed by atoms with Gasteiger partial charge in [-0.25, -0.2) is 0 Å². The Balaban J connectivity index is 1.24. The molecule has 1 N–H and O–H groups in total. The van der Waals surface area contributed by atoms with Crippen LogP contribution in [0.1, 0.15) is 87.3 Å². The molecule has 4 heteroatoms. The summed E-state index contributed by atoms with van der Waals surface area (Å²) in [6, 6.07) is 12.4. The Morgan fingerprint density at radius 1 is 0.912 bits per heavy atom. The molecule has 34 heavy (non-hydrogen) atoms. The van der Waals surface area contributed by atoms with Gasteiger partial charge in [-0.3, -0.25) is 9.78 Å². The lowest BCUT2D eigenvalue weighted by Gasteiger charge is -2.53. The van der Waals surface area contributed by atoms with Gasteiger partial charge in [0, 0.05) is 12.4 Å². The third-order valence-corrected chi connectivity index (χ3v) is 8.98. The molecule has 0 spiro atoms. The molecular formula is C30H39NO3. The fourth-order valence-electron chi connectivity index (χ4n) is 7.36. The molecule has 182 valence electrons. The van der Waals surface area contributed by atoms with Gasteiger partial charge in [-0.05, 0) is 109 Å². The van der Waals surface area contributed by atoms with E-state index in [0.29, 0.717) is 17.8 Å². The maximum Gasteiger partial charge on any atom is 0.308 e. The molecule has 0 saturated heterocycles. The van der Waals surface area contributed by atoms with Crippen LogP contribution in [0.2, 0.25) is 0 Å². The molecule has 3 unspecified atom stereocenters. The number of carbonyl (C=O) groups excluding carboxylic acids is 1. The average Bonchev–Trinajstić information content (AvgIpc) is 2.85. The normalized spacial score (nSPS) is 30.0. The van der Waals surface area contributed by atoms with Crippen molar-refractivity contribution in [1.29, 1.82) is 0 Å². The van der Waals surface area contributed by atoms with Crippen LogP contribution in [0.4, 0.5) is 0 Å². The number of carbonyl (C=O) groups is 1. The van der Waals surface area contributed by atoms with Crippen LogP contribution in [-0.4, -0.2) is 22.2 Å². The summed E-state index contributed by atoms with van der Waals surface area (Å²) < 4.78 is 6.27. The number of aliphatic hydroxyl groups excluding tert-OH is 1. The van der Waals surface area contributed by atoms with Crippen molar-refractivity contribution in [2.45, 2.75) is 83.3 Å². The molecule has 0 amide bonds. The van der Waals surface area contributed by atoms with Crippen LogP contribution in [0.3, 0.4) is 0 Å². The maximum atomic E-state index is 13.3. The third-order valence-electron chi connectivity index (χ3n) is 8.98. The summed E-state index contributed by atoms with van der Waals surface area (Å²) in [7, 11) is 0. The van der Waals surface area contributed by atoms with Crippen molar-refractivity contribution in [2.75, 3.05) is 0 Å². The summed E-state index contributed by atoms with van der Waals surface area (Å²) in [5, 5.41) is 9.35. The minimum absolute atomic E-state index is 0.00326. The summed E-state index contributed by atoms with van der Waals surface area (Å²) >= 11 is 0. The van der Waals surface area contributed by atoms with E-state index in [1.165, 1.54) is 43.2 Å². The van der Waals surface area contributed by atoms with Crippen molar-refractivity contribution in [2.24, 2.45) is 29.6 Å². The number of hydrogen-bond acceptors (Lipinski definition) is 4. The van der Waals surface area contributed by atoms with E-state index in [-0.39, 0.29) is 30.5 Å². The number of ether oxygens (including phenoxy) is 1. The Labute approximate surface area is 204 Å². The minimum Gasteiger partial charge on any atom is -0.462 e. The molecule has 3 atom stereocenters. The molecule has 2 aromatic rings. The Kier molecular flexibility index (Phi) is 7.06. The second-order valence-electron chi connectivity index (χ2n) is 11.5. The number of nitrogens with zero attached hydrogens (tertiary/aromatic N) is 1. The lowest BCUT2D eigenvalue weighted by molar-refractivity contribution is -0.175. The zero-order valence-corrected chi connectivity index (χ0v) is 20.6. The molecule has 4 nitrogen and oxygen atoms in total. The second-order valence-corrected chi connectivity index (χ2v) is 11.5. The predicted octanol–water partition coefficient (Wildman–Crippen LogP) is 6.25. The molecule has 4 saturated carbocycles. The van der Waals surface area contributed by atoms with E-state index >= 15 is 0 Å². The SMILES string of the molecule is CC(CC(CC(C)c1ccc(CO)cc1)c1ccncc1)C(=O)OC1C2CC3CC(C2)CC1C3. The van der Waals surface area contributed by atoms with Gasteiger partial charge in [-0.15, -0.1) is 0 Å². The summed E-state index contributed by atoms with van der Waals surface area (Å²) in [6.07, 6.45) is 12.1. The van der Waals surface area contributed by atoms with Crippen LogP contribution in [0.5, 0.6) is 0 Å². The number of hydrogen-bond donors (Lipinski definition) is 1. The lowest BCUT2D eigenvalue weighted by Crippen LogP contribution is -2.50. The van der Waals surface area contributed by atoms with E-state index in [0.717, 1.165) is 30.2 Å². The monoisotopic (exact) mass is 461 g/mol. The standard InChI is InChI=1S/C30H39NO3/c1-19(24-5-3-21(18-32)4-6-24)11-26(25-7-9-31-10-8-25)12-20(2)30(33)34-29-27-14-22-13-23(16-27)17-28(29)15-22/h3-10,19-20,22-23,26-29,32H,11-18H2,1-2H3. The first kappa shape index (κ1) is 23.5. The highest BCUT2D eigenvalue weighted by atomic mass is 16.5. The van der Waals surface area contributed by atoms with Gasteiger partial charge in [0.15, 0.2) is 0 Å². The molecule has 0 radical (unpaired) electrons. The van der Waals surface area contributed by atoms with Gasteiger partial charge in [0.25, 0.3) is 0 Å². The van der Waals surface area contributed by atoms with Crippen LogP contribution in [0.15, 0.2) is 48.8 Å². The van der Waals surface area contributed by atoms with E-state index in [1.807, 2.05) is 31.5 Å². The molecule has 4 aliphatic carbocycles. The number of esters is 1. The Morgan fingerprint density at radius 3 is 2.12 bits per heavy atom. The van der Waals surface area contributed by atoms with Crippen molar-refractivity contribution < 1.29 is 14.6 Å². The first-order valence-electron chi connectivity index (χ1n) is 13.3. The van der Waals surface area contributed by atoms with Crippen LogP contribution in [0.25, 0.3) is 0 Å². The summed E-state index contributed by atoms with van der Waals surface area (Å²) in [5.41, 5.74) is 3.44. The summed E-state index contributed by atoms with van der Waals surface area (Å²) in [5.74, 6) is 3.46. The van der Waals surface area contributed by atoms with Crippen molar-refractivity contribution >= 4 is 5.97 Å². The molecule has 6 rings (SSSR count). The molecule has 0 aliphatic heterocycles. The van der Waals surface area contributed by atoms with Gasteiger partial charge < -0.3 is 9.84 Å². The molecule has 4 bridgehead atoms. The number of benzene rings is 1. The van der Waals surface area contributed by atoms with E-state index < -0.39 is 0 Å². The second kappa shape index (κ2) is 10.2. The maximum absolute atomic E-state index is 13.3. The Bertz CT molecular complexity index is 929. The highest BCUT2D eigenvalue weighted by Gasteiger charge is 2.50. The van der Waals surface area contributed by atoms with E-state index in [1.54, 1.807) is 0 Å². The first-order chi connectivity index (χ1) is 16.5. The van der Waals surface area contributed by atoms with Crippen LogP contribution in [0, 0.1) is 29.6 Å². The van der Waals surface area contributed by atoms with E-state index in [2.05, 4.69) is 36.2 Å². The average molecular weight is 462 g/mol. The van der Waals surface area contributed by atoms with Gasteiger partial charge in [-0.1, -0.05) is 38.1 Å². The van der Waals surface area contributed by atoms with Crippen molar-refractivity contribution in [3.63, 3.8) is 0 Å². The van der Waals surface area contributed by atoms with Gasteiger partial charge in [0.05, 0.1) is 12.5 Å². The van der Waals surface area contributed by atoms with Crippen LogP contribution >= 0.6 is 0 Å². The van der Waals surface area contributed by atoms with E-state index in [4.69, 9.17) is 4.74 Å². The fourth-order valence-corrected chi connectivity index (χ4v) is 7.36. The topological polar surface area (TPSA) is 59.4 Å². The quantitative estimate of drug-likeness (QED) is 0.449. The van der Waals surface area contributed by atoms with Gasteiger partial charge >= 0.3 is 5.97 Å². The highest BCUT2D eigenvalue weighted by molar-refractivity contribution is 5.72. The largest absolute Gasteiger partial charge is 0.462 e. The van der Waals surface area contributed by atoms with Gasteiger partial charge in [-0.2, -0.15) is 0 Å². The summed E-state index contributed by atoms with van der Waals surface area (Å²) in [4.78, 5) is 17.5. The zero-order valence-electron chi connectivity index (χ0n) is 20.6. The highest BCUT2D eigenvalue weighted by Crippen LogP contribution is 2.54. The van der Waals surface area contributed by atoms with Crippen molar-refractivity contribution in [1.82, 2.24) is 4.98 Å². The molecule has 4 aliphatic rings. The minimum atomic E-state index is -0.126.